The molecule has 8 heavy (non-hydrogen) atoms. The van der Waals surface area contributed by atoms with Gasteiger partial charge in [-0.25, -0.2) is 0 Å². The van der Waals surface area contributed by atoms with Gasteiger partial charge in [0.05, 0.1) is 6.07 Å². The Morgan fingerprint density at radius 3 is 2.62 bits per heavy atom. The van der Waals surface area contributed by atoms with Crippen LogP contribution in [-0.2, 0) is 0 Å². The third-order valence-electron chi connectivity index (χ3n) is 0.864. The molecule has 0 heterocycles. The fourth-order valence-corrected chi connectivity index (χ4v) is 0.687. The summed E-state index contributed by atoms with van der Waals surface area (Å²) in [5, 5.41) is 8.33. The summed E-state index contributed by atoms with van der Waals surface area (Å²) >= 11 is 0. The van der Waals surface area contributed by atoms with Crippen LogP contribution in [0.2, 0.25) is 0 Å². The summed E-state index contributed by atoms with van der Waals surface area (Å²) in [6.07, 6.45) is 1.95. The molecule has 0 aliphatic rings. The maximum Gasteiger partial charge on any atom is 0.0947 e. The van der Waals surface area contributed by atoms with E-state index in [4.69, 9.17) is 5.26 Å². The molecule has 0 aliphatic carbocycles. The Bertz CT molecular complexity index is 121. The lowest BCUT2D eigenvalue weighted by atomic mass is 10.2. The lowest BCUT2D eigenvalue weighted by Crippen LogP contribution is -1.72. The zero-order valence-electron chi connectivity index (χ0n) is 5.02. The average Bonchev–Trinajstić information content (AvgIpc) is 1.83. The van der Waals surface area contributed by atoms with Gasteiger partial charge in [-0.3, -0.25) is 0 Å². The zero-order valence-corrected chi connectivity index (χ0v) is 6.17. The quantitative estimate of drug-likeness (QED) is 0.411. The smallest absolute Gasteiger partial charge is 0.0947 e. The molecule has 0 aliphatic heterocycles. The summed E-state index contributed by atoms with van der Waals surface area (Å²) in [6, 6.07) is 2.09. The van der Waals surface area contributed by atoms with Gasteiger partial charge in [-0.15, -0.1) is 9.24 Å². The number of hydrogen-bond donors (Lipinski definition) is 0. The van der Waals surface area contributed by atoms with E-state index < -0.39 is 0 Å². The van der Waals surface area contributed by atoms with Gasteiger partial charge in [0, 0.05) is 5.57 Å². The molecule has 0 aromatic carbocycles. The van der Waals surface area contributed by atoms with E-state index in [-0.39, 0.29) is 0 Å². The van der Waals surface area contributed by atoms with Crippen molar-refractivity contribution in [1.82, 2.24) is 0 Å². The minimum Gasteiger partial charge on any atom is -0.193 e. The van der Waals surface area contributed by atoms with Crippen molar-refractivity contribution in [3.05, 3.63) is 11.4 Å². The van der Waals surface area contributed by atoms with E-state index in [9.17, 15) is 0 Å². The molecule has 2 heteroatoms. The van der Waals surface area contributed by atoms with Gasteiger partial charge >= 0.3 is 0 Å². The van der Waals surface area contributed by atoms with Crippen molar-refractivity contribution in [1.29, 1.82) is 5.26 Å². The van der Waals surface area contributed by atoms with E-state index in [2.05, 4.69) is 22.2 Å². The lowest BCUT2D eigenvalue weighted by Gasteiger charge is -1.87. The molecule has 0 fully saturated rings. The van der Waals surface area contributed by atoms with Crippen molar-refractivity contribution in [2.45, 2.75) is 19.8 Å². The monoisotopic (exact) mass is 127 g/mol. The first-order valence-electron chi connectivity index (χ1n) is 2.66. The highest BCUT2D eigenvalue weighted by molar-refractivity contribution is 7.20. The van der Waals surface area contributed by atoms with Crippen molar-refractivity contribution in [3.8, 4) is 6.07 Å². The van der Waals surface area contributed by atoms with Crippen LogP contribution in [0, 0.1) is 11.3 Å². The summed E-state index contributed by atoms with van der Waals surface area (Å²) < 4.78 is 0. The number of rotatable bonds is 2. The standard InChI is InChI=1S/C6H10NP/c1-2-3-6(4-7)5-8/h5H,2-3,8H2,1H3/b6-5+. The van der Waals surface area contributed by atoms with Crippen LogP contribution in [0.25, 0.3) is 0 Å². The first kappa shape index (κ1) is 7.66. The molecular weight excluding hydrogens is 117 g/mol. The van der Waals surface area contributed by atoms with Crippen LogP contribution in [0.15, 0.2) is 11.4 Å². The van der Waals surface area contributed by atoms with E-state index >= 15 is 0 Å². The van der Waals surface area contributed by atoms with Crippen molar-refractivity contribution in [2.75, 3.05) is 0 Å². The van der Waals surface area contributed by atoms with Gasteiger partial charge in [-0.05, 0) is 6.42 Å². The Balaban J connectivity index is 3.60. The first-order chi connectivity index (χ1) is 3.85. The van der Waals surface area contributed by atoms with Gasteiger partial charge in [-0.2, -0.15) is 5.26 Å². The summed E-state index contributed by atoms with van der Waals surface area (Å²) in [5.74, 6) is 1.78. The molecule has 0 aromatic rings. The van der Waals surface area contributed by atoms with Gasteiger partial charge in [0.2, 0.25) is 0 Å². The second kappa shape index (κ2) is 4.81. The van der Waals surface area contributed by atoms with Crippen LogP contribution in [-0.4, -0.2) is 0 Å². The molecular formula is C6H10NP. The molecule has 0 radical (unpaired) electrons. The van der Waals surface area contributed by atoms with Crippen molar-refractivity contribution >= 4 is 9.24 Å². The average molecular weight is 127 g/mol. The third-order valence-corrected chi connectivity index (χ3v) is 1.27. The number of nitriles is 1. The molecule has 1 atom stereocenters. The van der Waals surface area contributed by atoms with E-state index in [0.29, 0.717) is 0 Å². The largest absolute Gasteiger partial charge is 0.193 e. The van der Waals surface area contributed by atoms with E-state index in [1.54, 1.807) is 5.82 Å². The third kappa shape index (κ3) is 2.77. The summed E-state index contributed by atoms with van der Waals surface area (Å²) in [4.78, 5) is 0. The van der Waals surface area contributed by atoms with Crippen LogP contribution in [0.5, 0.6) is 0 Å². The SMILES string of the molecule is CCC/C(C#N)=C\P. The van der Waals surface area contributed by atoms with Crippen LogP contribution in [0.4, 0.5) is 0 Å². The number of nitrogens with zero attached hydrogens (tertiary/aromatic N) is 1. The topological polar surface area (TPSA) is 23.8 Å². The highest BCUT2D eigenvalue weighted by Gasteiger charge is 1.87. The van der Waals surface area contributed by atoms with Crippen LogP contribution in [0.3, 0.4) is 0 Å². The molecule has 0 saturated heterocycles. The van der Waals surface area contributed by atoms with E-state index in [1.165, 1.54) is 0 Å². The molecule has 0 saturated carbocycles. The van der Waals surface area contributed by atoms with Crippen LogP contribution in [0.1, 0.15) is 19.8 Å². The fourth-order valence-electron chi connectivity index (χ4n) is 0.446. The Hall–Kier alpha value is -0.340. The fraction of sp³-hybridized carbons (Fsp3) is 0.500. The van der Waals surface area contributed by atoms with Gasteiger partial charge < -0.3 is 0 Å². The Morgan fingerprint density at radius 1 is 1.88 bits per heavy atom. The van der Waals surface area contributed by atoms with Crippen molar-refractivity contribution < 1.29 is 0 Å². The molecule has 0 bridgehead atoms. The molecule has 0 N–H and O–H groups in total. The molecule has 0 amide bonds. The maximum atomic E-state index is 8.33. The minimum atomic E-state index is 0.859. The minimum absolute atomic E-state index is 0.859. The second-order valence-corrected chi connectivity index (χ2v) is 1.89. The Morgan fingerprint density at radius 2 is 2.50 bits per heavy atom. The molecule has 1 nitrogen and oxygen atoms in total. The van der Waals surface area contributed by atoms with E-state index in [1.807, 2.05) is 0 Å². The molecule has 0 aromatic heterocycles. The van der Waals surface area contributed by atoms with E-state index in [0.717, 1.165) is 18.4 Å². The number of hydrogen-bond acceptors (Lipinski definition) is 1. The second-order valence-electron chi connectivity index (χ2n) is 1.55. The molecule has 0 rings (SSSR count). The summed E-state index contributed by atoms with van der Waals surface area (Å²) in [5.41, 5.74) is 0.859. The molecule has 44 valence electrons. The molecule has 1 unspecified atom stereocenters. The lowest BCUT2D eigenvalue weighted by molar-refractivity contribution is 0.931. The van der Waals surface area contributed by atoms with Gasteiger partial charge in [0.25, 0.3) is 0 Å². The molecule has 0 spiro atoms. The highest BCUT2D eigenvalue weighted by atomic mass is 31.0. The normalized spacial score (nSPS) is 10.9. The summed E-state index contributed by atoms with van der Waals surface area (Å²) in [7, 11) is 2.43. The van der Waals surface area contributed by atoms with Crippen LogP contribution >= 0.6 is 9.24 Å². The summed E-state index contributed by atoms with van der Waals surface area (Å²) in [6.45, 7) is 2.06. The predicted octanol–water partition coefficient (Wildman–Crippen LogP) is 2.07. The van der Waals surface area contributed by atoms with Crippen molar-refractivity contribution in [3.63, 3.8) is 0 Å². The maximum absolute atomic E-state index is 8.33. The Kier molecular flexibility index (Phi) is 4.61. The number of allylic oxidation sites excluding steroid dienone is 1. The first-order valence-corrected chi connectivity index (χ1v) is 3.32. The highest BCUT2D eigenvalue weighted by Crippen LogP contribution is 2.04. The zero-order chi connectivity index (χ0) is 6.41. The van der Waals surface area contributed by atoms with Gasteiger partial charge in [0.1, 0.15) is 0 Å². The Labute approximate surface area is 52.6 Å². The van der Waals surface area contributed by atoms with Gasteiger partial charge in [-0.1, -0.05) is 19.2 Å². The van der Waals surface area contributed by atoms with Crippen molar-refractivity contribution in [2.24, 2.45) is 0 Å². The van der Waals surface area contributed by atoms with Gasteiger partial charge in [0.15, 0.2) is 0 Å². The van der Waals surface area contributed by atoms with Crippen LogP contribution < -0.4 is 0 Å². The predicted molar refractivity (Wildman–Crippen MR) is 38.3 cm³/mol.